The highest BCUT2D eigenvalue weighted by Crippen LogP contribution is 2.43. The minimum absolute atomic E-state index is 0.282. The van der Waals surface area contributed by atoms with Gasteiger partial charge in [-0.15, -0.1) is 0 Å². The number of ether oxygens (including phenoxy) is 1. The Kier molecular flexibility index (Phi) is 6.03. The number of hydrogen-bond acceptors (Lipinski definition) is 3. The molecule has 3 nitrogen and oxygen atoms in total. The highest BCUT2D eigenvalue weighted by Gasteiger charge is 2.31. The van der Waals surface area contributed by atoms with Crippen LogP contribution in [0.15, 0.2) is 24.3 Å². The smallest absolute Gasteiger partial charge is 0.214 e. The van der Waals surface area contributed by atoms with Gasteiger partial charge in [0.05, 0.1) is 0 Å². The zero-order valence-electron chi connectivity index (χ0n) is 13.6. The Bertz CT molecular complexity index is 398. The molecule has 1 aromatic rings. The summed E-state index contributed by atoms with van der Waals surface area (Å²) in [7, 11) is 0. The van der Waals surface area contributed by atoms with Crippen molar-refractivity contribution in [3.8, 4) is 5.75 Å². The number of benzene rings is 1. The average molecular weight is 279 g/mol. The zero-order chi connectivity index (χ0) is 15.3. The maximum atomic E-state index is 5.52. The molecule has 2 unspecified atom stereocenters. The molecule has 0 radical (unpaired) electrons. The van der Waals surface area contributed by atoms with E-state index < -0.39 is 6.29 Å². The Labute approximate surface area is 123 Å². The minimum atomic E-state index is -0.436. The van der Waals surface area contributed by atoms with Crippen LogP contribution in [0.2, 0.25) is 0 Å². The van der Waals surface area contributed by atoms with Crippen LogP contribution in [0.1, 0.15) is 59.4 Å². The third-order valence-corrected chi connectivity index (χ3v) is 4.15. The van der Waals surface area contributed by atoms with Crippen molar-refractivity contribution in [2.75, 3.05) is 0 Å². The van der Waals surface area contributed by atoms with Crippen LogP contribution >= 0.6 is 0 Å². The van der Waals surface area contributed by atoms with Crippen molar-refractivity contribution in [3.63, 3.8) is 0 Å². The summed E-state index contributed by atoms with van der Waals surface area (Å²) < 4.78 is 5.52. The van der Waals surface area contributed by atoms with E-state index in [9.17, 15) is 0 Å². The van der Waals surface area contributed by atoms with E-state index >= 15 is 0 Å². The second-order valence-electron chi connectivity index (χ2n) is 6.45. The van der Waals surface area contributed by atoms with Gasteiger partial charge in [0.2, 0.25) is 6.29 Å². The molecule has 0 saturated heterocycles. The normalized spacial score (nSPS) is 15.2. The summed E-state index contributed by atoms with van der Waals surface area (Å²) >= 11 is 0. The van der Waals surface area contributed by atoms with Crippen LogP contribution in [0.3, 0.4) is 0 Å². The van der Waals surface area contributed by atoms with Crippen molar-refractivity contribution in [3.05, 3.63) is 29.8 Å². The molecule has 0 aromatic heterocycles. The van der Waals surface area contributed by atoms with E-state index in [4.69, 9.17) is 10.6 Å². The first kappa shape index (κ1) is 17.0. The molecule has 2 N–H and O–H groups in total. The van der Waals surface area contributed by atoms with Crippen LogP contribution in [-0.4, -0.2) is 6.29 Å². The Balaban J connectivity index is 2.94. The molecule has 0 heterocycles. The van der Waals surface area contributed by atoms with Gasteiger partial charge in [-0.3, -0.25) is 4.84 Å². The Morgan fingerprint density at radius 2 is 1.65 bits per heavy atom. The summed E-state index contributed by atoms with van der Waals surface area (Å²) in [6, 6.07) is 8.29. The summed E-state index contributed by atoms with van der Waals surface area (Å²) in [5, 5.41) is 0. The molecule has 20 heavy (non-hydrogen) atoms. The first-order chi connectivity index (χ1) is 9.31. The SMILES string of the molecule is CCC(C)(C)C(c1ccc(OC(C)ON)cc1)C(C)C. The van der Waals surface area contributed by atoms with Crippen LogP contribution in [0.5, 0.6) is 5.75 Å². The van der Waals surface area contributed by atoms with E-state index in [0.29, 0.717) is 11.8 Å². The third-order valence-electron chi connectivity index (χ3n) is 4.15. The number of rotatable bonds is 7. The van der Waals surface area contributed by atoms with E-state index in [1.54, 1.807) is 6.92 Å². The number of hydrogen-bond donors (Lipinski definition) is 1. The highest BCUT2D eigenvalue weighted by atomic mass is 16.7. The molecule has 0 saturated carbocycles. The summed E-state index contributed by atoms with van der Waals surface area (Å²) in [5.41, 5.74) is 1.64. The van der Waals surface area contributed by atoms with Gasteiger partial charge in [0.1, 0.15) is 5.75 Å². The molecule has 0 aliphatic carbocycles. The van der Waals surface area contributed by atoms with Crippen LogP contribution in [-0.2, 0) is 4.84 Å². The average Bonchev–Trinajstić information content (AvgIpc) is 2.40. The van der Waals surface area contributed by atoms with Crippen LogP contribution < -0.4 is 10.6 Å². The fourth-order valence-electron chi connectivity index (χ4n) is 2.93. The molecular weight excluding hydrogens is 250 g/mol. The van der Waals surface area contributed by atoms with Gasteiger partial charge in [0.25, 0.3) is 0 Å². The molecule has 0 spiro atoms. The van der Waals surface area contributed by atoms with Crippen molar-refractivity contribution in [1.82, 2.24) is 0 Å². The van der Waals surface area contributed by atoms with Crippen molar-refractivity contribution in [2.24, 2.45) is 17.2 Å². The molecule has 1 aromatic carbocycles. The topological polar surface area (TPSA) is 44.5 Å². The second-order valence-corrected chi connectivity index (χ2v) is 6.45. The summed E-state index contributed by atoms with van der Waals surface area (Å²) in [6.07, 6.45) is 0.723. The lowest BCUT2D eigenvalue weighted by Gasteiger charge is -2.37. The molecule has 0 aliphatic heterocycles. The molecule has 1 rings (SSSR count). The van der Waals surface area contributed by atoms with Crippen LogP contribution in [0.25, 0.3) is 0 Å². The van der Waals surface area contributed by atoms with Gasteiger partial charge < -0.3 is 4.74 Å². The summed E-state index contributed by atoms with van der Waals surface area (Å²) in [6.45, 7) is 13.3. The van der Waals surface area contributed by atoms with Gasteiger partial charge in [-0.1, -0.05) is 53.2 Å². The Morgan fingerprint density at radius 1 is 1.10 bits per heavy atom. The van der Waals surface area contributed by atoms with Crippen LogP contribution in [0, 0.1) is 11.3 Å². The van der Waals surface area contributed by atoms with Crippen molar-refractivity contribution in [2.45, 2.75) is 60.2 Å². The Hall–Kier alpha value is -1.06. The monoisotopic (exact) mass is 279 g/mol. The second kappa shape index (κ2) is 7.09. The molecular formula is C17H29NO2. The summed E-state index contributed by atoms with van der Waals surface area (Å²) in [5.74, 6) is 7.00. The zero-order valence-corrected chi connectivity index (χ0v) is 13.6. The van der Waals surface area contributed by atoms with Crippen molar-refractivity contribution in [1.29, 1.82) is 0 Å². The molecule has 3 heteroatoms. The molecule has 114 valence electrons. The van der Waals surface area contributed by atoms with Crippen molar-refractivity contribution < 1.29 is 9.57 Å². The lowest BCUT2D eigenvalue weighted by atomic mass is 9.68. The standard InChI is InChI=1S/C17H29NO2/c1-7-17(5,6)16(12(2)3)14-8-10-15(11-9-14)19-13(4)20-18/h8-13,16H,7,18H2,1-6H3. The molecule has 0 bridgehead atoms. The summed E-state index contributed by atoms with van der Waals surface area (Å²) in [4.78, 5) is 4.62. The quantitative estimate of drug-likeness (QED) is 0.591. The van der Waals surface area contributed by atoms with Gasteiger partial charge in [-0.2, -0.15) is 0 Å². The van der Waals surface area contributed by atoms with Crippen LogP contribution in [0.4, 0.5) is 0 Å². The minimum Gasteiger partial charge on any atom is -0.464 e. The highest BCUT2D eigenvalue weighted by molar-refractivity contribution is 5.31. The maximum absolute atomic E-state index is 5.52. The van der Waals surface area contributed by atoms with Gasteiger partial charge in [-0.25, -0.2) is 5.90 Å². The Morgan fingerprint density at radius 3 is 2.05 bits per heavy atom. The van der Waals surface area contributed by atoms with Gasteiger partial charge >= 0.3 is 0 Å². The fraction of sp³-hybridized carbons (Fsp3) is 0.647. The van der Waals surface area contributed by atoms with Gasteiger partial charge in [0.15, 0.2) is 0 Å². The van der Waals surface area contributed by atoms with E-state index in [0.717, 1.165) is 12.2 Å². The van der Waals surface area contributed by atoms with E-state index in [2.05, 4.69) is 51.6 Å². The van der Waals surface area contributed by atoms with Crippen molar-refractivity contribution >= 4 is 0 Å². The largest absolute Gasteiger partial charge is 0.464 e. The molecule has 0 fully saturated rings. The van der Waals surface area contributed by atoms with Gasteiger partial charge in [-0.05, 0) is 41.9 Å². The fourth-order valence-corrected chi connectivity index (χ4v) is 2.93. The lowest BCUT2D eigenvalue weighted by Crippen LogP contribution is -2.25. The first-order valence-corrected chi connectivity index (χ1v) is 7.44. The molecule has 2 atom stereocenters. The lowest BCUT2D eigenvalue weighted by molar-refractivity contribution is -0.0688. The molecule has 0 aliphatic rings. The number of nitrogens with two attached hydrogens (primary N) is 1. The van der Waals surface area contributed by atoms with E-state index in [1.165, 1.54) is 5.56 Å². The first-order valence-electron chi connectivity index (χ1n) is 7.44. The van der Waals surface area contributed by atoms with E-state index in [1.807, 2.05) is 12.1 Å². The predicted octanol–water partition coefficient (Wildman–Crippen LogP) is 4.48. The maximum Gasteiger partial charge on any atom is 0.214 e. The van der Waals surface area contributed by atoms with Gasteiger partial charge in [0, 0.05) is 0 Å². The van der Waals surface area contributed by atoms with E-state index in [-0.39, 0.29) is 5.41 Å². The predicted molar refractivity (Wildman–Crippen MR) is 83.5 cm³/mol. The molecule has 0 amide bonds. The third kappa shape index (κ3) is 4.22.